The molecule has 34 heavy (non-hydrogen) atoms. The van der Waals surface area contributed by atoms with Crippen LogP contribution in [0.1, 0.15) is 21.5 Å². The first-order valence-electron chi connectivity index (χ1n) is 10.7. The Balaban J connectivity index is 0.00000204. The molecule has 182 valence electrons. The molecule has 1 aliphatic heterocycles. The van der Waals surface area contributed by atoms with E-state index in [1.807, 2.05) is 36.4 Å². The SMILES string of the molecule is Cl.Cl.NCCc1ccc(Oc2ccc(F)c(C(=O)N3C[C@@H](Cc4ccncc4)[C@H](O)C3)c2)cc1. The minimum absolute atomic E-state index is 0. The molecule has 4 rings (SSSR count). The molecule has 1 amide bonds. The van der Waals surface area contributed by atoms with Crippen molar-refractivity contribution in [2.24, 2.45) is 11.7 Å². The molecule has 2 atom stereocenters. The zero-order valence-electron chi connectivity index (χ0n) is 18.5. The quantitative estimate of drug-likeness (QED) is 0.503. The number of halogens is 3. The maximum Gasteiger partial charge on any atom is 0.257 e. The van der Waals surface area contributed by atoms with E-state index in [4.69, 9.17) is 10.5 Å². The number of amides is 1. The minimum atomic E-state index is -0.665. The van der Waals surface area contributed by atoms with Crippen molar-refractivity contribution in [3.05, 3.63) is 89.5 Å². The summed E-state index contributed by atoms with van der Waals surface area (Å²) in [5.41, 5.74) is 7.64. The second kappa shape index (κ2) is 12.7. The number of hydrogen-bond donors (Lipinski definition) is 2. The number of ether oxygens (including phenoxy) is 1. The molecule has 3 aromatic rings. The van der Waals surface area contributed by atoms with Crippen LogP contribution >= 0.6 is 24.8 Å². The van der Waals surface area contributed by atoms with Crippen molar-refractivity contribution in [2.75, 3.05) is 19.6 Å². The summed E-state index contributed by atoms with van der Waals surface area (Å²) in [4.78, 5) is 18.5. The summed E-state index contributed by atoms with van der Waals surface area (Å²) in [5, 5.41) is 10.5. The van der Waals surface area contributed by atoms with E-state index in [1.165, 1.54) is 23.1 Å². The third-order valence-electron chi connectivity index (χ3n) is 5.70. The molecule has 3 N–H and O–H groups in total. The molecule has 2 aromatic carbocycles. The number of aliphatic hydroxyl groups is 1. The lowest BCUT2D eigenvalue weighted by molar-refractivity contribution is 0.0759. The Morgan fingerprint density at radius 1 is 1.03 bits per heavy atom. The van der Waals surface area contributed by atoms with Gasteiger partial charge in [-0.1, -0.05) is 12.1 Å². The molecular weight excluding hydrogens is 480 g/mol. The minimum Gasteiger partial charge on any atom is -0.457 e. The molecule has 0 spiro atoms. The fourth-order valence-electron chi connectivity index (χ4n) is 3.97. The zero-order valence-corrected chi connectivity index (χ0v) is 20.1. The average Bonchev–Trinajstić information content (AvgIpc) is 3.17. The fourth-order valence-corrected chi connectivity index (χ4v) is 3.97. The highest BCUT2D eigenvalue weighted by Gasteiger charge is 2.35. The number of carbonyl (C=O) groups excluding carboxylic acids is 1. The van der Waals surface area contributed by atoms with Crippen molar-refractivity contribution in [1.29, 1.82) is 0 Å². The van der Waals surface area contributed by atoms with Crippen LogP contribution in [0.15, 0.2) is 67.0 Å². The van der Waals surface area contributed by atoms with Gasteiger partial charge in [0.25, 0.3) is 5.91 Å². The van der Waals surface area contributed by atoms with Crippen LogP contribution in [0.3, 0.4) is 0 Å². The van der Waals surface area contributed by atoms with Crippen molar-refractivity contribution >= 4 is 30.7 Å². The number of nitrogens with zero attached hydrogens (tertiary/aromatic N) is 2. The molecule has 1 aromatic heterocycles. The Morgan fingerprint density at radius 3 is 2.38 bits per heavy atom. The van der Waals surface area contributed by atoms with Gasteiger partial charge in [0.05, 0.1) is 11.7 Å². The van der Waals surface area contributed by atoms with Gasteiger partial charge in [-0.2, -0.15) is 0 Å². The predicted octanol–water partition coefficient (Wildman–Crippen LogP) is 4.03. The van der Waals surface area contributed by atoms with Gasteiger partial charge < -0.3 is 20.5 Å². The molecule has 6 nitrogen and oxygen atoms in total. The van der Waals surface area contributed by atoms with Gasteiger partial charge in [0.1, 0.15) is 17.3 Å². The molecule has 0 aliphatic carbocycles. The maximum absolute atomic E-state index is 14.5. The van der Waals surface area contributed by atoms with Gasteiger partial charge in [0.15, 0.2) is 0 Å². The van der Waals surface area contributed by atoms with Crippen molar-refractivity contribution in [3.8, 4) is 11.5 Å². The topological polar surface area (TPSA) is 88.7 Å². The number of pyridine rings is 1. The van der Waals surface area contributed by atoms with E-state index in [1.54, 1.807) is 12.4 Å². The third kappa shape index (κ3) is 6.67. The predicted molar refractivity (Wildman–Crippen MR) is 134 cm³/mol. The summed E-state index contributed by atoms with van der Waals surface area (Å²) in [6.45, 7) is 1.09. The summed E-state index contributed by atoms with van der Waals surface area (Å²) in [6.07, 6.45) is 4.14. The molecule has 1 saturated heterocycles. The average molecular weight is 508 g/mol. The third-order valence-corrected chi connectivity index (χ3v) is 5.70. The van der Waals surface area contributed by atoms with Crippen molar-refractivity contribution in [3.63, 3.8) is 0 Å². The van der Waals surface area contributed by atoms with Crippen molar-refractivity contribution in [1.82, 2.24) is 9.88 Å². The van der Waals surface area contributed by atoms with Crippen LogP contribution in [0.25, 0.3) is 0 Å². The Labute approximate surface area is 210 Å². The van der Waals surface area contributed by atoms with Crippen LogP contribution in [0.5, 0.6) is 11.5 Å². The molecule has 2 heterocycles. The van der Waals surface area contributed by atoms with Crippen LogP contribution in [0.4, 0.5) is 4.39 Å². The molecule has 0 saturated carbocycles. The van der Waals surface area contributed by atoms with E-state index in [0.717, 1.165) is 17.5 Å². The summed E-state index contributed by atoms with van der Waals surface area (Å²) >= 11 is 0. The van der Waals surface area contributed by atoms with Crippen LogP contribution in [0, 0.1) is 11.7 Å². The van der Waals surface area contributed by atoms with Gasteiger partial charge in [-0.15, -0.1) is 24.8 Å². The number of nitrogens with two attached hydrogens (primary N) is 1. The molecule has 0 bridgehead atoms. The lowest BCUT2D eigenvalue weighted by atomic mass is 9.97. The van der Waals surface area contributed by atoms with E-state index in [0.29, 0.717) is 31.0 Å². The molecule has 1 aliphatic rings. The molecule has 1 fully saturated rings. The smallest absolute Gasteiger partial charge is 0.257 e. The van der Waals surface area contributed by atoms with E-state index < -0.39 is 17.8 Å². The van der Waals surface area contributed by atoms with Crippen LogP contribution < -0.4 is 10.5 Å². The van der Waals surface area contributed by atoms with Gasteiger partial charge in [-0.3, -0.25) is 9.78 Å². The second-order valence-corrected chi connectivity index (χ2v) is 8.02. The highest BCUT2D eigenvalue weighted by atomic mass is 35.5. The lowest BCUT2D eigenvalue weighted by Crippen LogP contribution is -2.30. The van der Waals surface area contributed by atoms with Crippen molar-refractivity contribution in [2.45, 2.75) is 18.9 Å². The van der Waals surface area contributed by atoms with E-state index >= 15 is 0 Å². The Hall–Kier alpha value is -2.71. The monoisotopic (exact) mass is 507 g/mol. The molecular formula is C25H28Cl2FN3O3. The van der Waals surface area contributed by atoms with Gasteiger partial charge in [-0.25, -0.2) is 4.39 Å². The molecule has 0 unspecified atom stereocenters. The Kier molecular flexibility index (Phi) is 10.3. The van der Waals surface area contributed by atoms with E-state index in [9.17, 15) is 14.3 Å². The Bertz CT molecular complexity index is 1070. The van der Waals surface area contributed by atoms with Gasteiger partial charge >= 0.3 is 0 Å². The van der Waals surface area contributed by atoms with Gasteiger partial charge in [0.2, 0.25) is 0 Å². The number of rotatable bonds is 7. The number of β-amino-alcohol motifs (C(OH)–C–C–N with tert-alkyl or cyclic N) is 1. The number of benzene rings is 2. The summed E-state index contributed by atoms with van der Waals surface area (Å²) in [5.74, 6) is -0.231. The summed E-state index contributed by atoms with van der Waals surface area (Å²) in [7, 11) is 0. The van der Waals surface area contributed by atoms with Crippen LogP contribution in [-0.4, -0.2) is 46.6 Å². The summed E-state index contributed by atoms with van der Waals surface area (Å²) < 4.78 is 20.3. The zero-order chi connectivity index (χ0) is 22.5. The maximum atomic E-state index is 14.5. The first-order chi connectivity index (χ1) is 15.5. The lowest BCUT2D eigenvalue weighted by Gasteiger charge is -2.17. The van der Waals surface area contributed by atoms with Crippen molar-refractivity contribution < 1.29 is 19.0 Å². The largest absolute Gasteiger partial charge is 0.457 e. The number of carbonyl (C=O) groups is 1. The number of aromatic nitrogens is 1. The Morgan fingerprint density at radius 2 is 1.71 bits per heavy atom. The van der Waals surface area contributed by atoms with Crippen LogP contribution in [-0.2, 0) is 12.8 Å². The van der Waals surface area contributed by atoms with E-state index in [-0.39, 0.29) is 42.8 Å². The first-order valence-corrected chi connectivity index (χ1v) is 10.7. The van der Waals surface area contributed by atoms with Gasteiger partial charge in [0, 0.05) is 31.4 Å². The molecule has 9 heteroatoms. The normalized spacial score (nSPS) is 17.0. The summed E-state index contributed by atoms with van der Waals surface area (Å²) in [6, 6.07) is 15.4. The highest BCUT2D eigenvalue weighted by Crippen LogP contribution is 2.27. The van der Waals surface area contributed by atoms with Crippen LogP contribution in [0.2, 0.25) is 0 Å². The fraction of sp³-hybridized carbons (Fsp3) is 0.280. The number of hydrogen-bond acceptors (Lipinski definition) is 5. The second-order valence-electron chi connectivity index (χ2n) is 8.02. The number of aliphatic hydroxyl groups excluding tert-OH is 1. The standard InChI is InChI=1S/C25H26FN3O3.2ClH/c26-23-6-5-21(32-20-3-1-17(2-4-20)7-10-27)14-22(23)25(31)29-15-19(24(30)16-29)13-18-8-11-28-12-9-18;;/h1-6,8-9,11-12,14,19,24,30H,7,10,13,15-16,27H2;2*1H/t19-,24-;;/m1../s1. The number of likely N-dealkylation sites (tertiary alicyclic amines) is 1. The molecule has 0 radical (unpaired) electrons. The van der Waals surface area contributed by atoms with E-state index in [2.05, 4.69) is 4.98 Å². The highest BCUT2D eigenvalue weighted by molar-refractivity contribution is 5.95. The van der Waals surface area contributed by atoms with Gasteiger partial charge in [-0.05, 0) is 73.0 Å². The first kappa shape index (κ1) is 27.5.